The molecule has 0 bridgehead atoms. The van der Waals surface area contributed by atoms with Gasteiger partial charge < -0.3 is 15.5 Å². The standard InChI is InChI=1S/C13H19NO3/c1-9(15)7-8-13(17)14-12-6-4-3-5-11(12)10(2)16/h3-6,9-10,15-16H,7-8H2,1-2H3,(H,14,17). The number of aliphatic hydroxyl groups is 2. The molecule has 4 nitrogen and oxygen atoms in total. The van der Waals surface area contributed by atoms with Crippen molar-refractivity contribution in [3.05, 3.63) is 29.8 Å². The lowest BCUT2D eigenvalue weighted by Crippen LogP contribution is -2.15. The molecule has 17 heavy (non-hydrogen) atoms. The lowest BCUT2D eigenvalue weighted by atomic mass is 10.1. The molecular weight excluding hydrogens is 218 g/mol. The van der Waals surface area contributed by atoms with Crippen molar-refractivity contribution in [2.24, 2.45) is 0 Å². The van der Waals surface area contributed by atoms with Gasteiger partial charge in [0.05, 0.1) is 12.2 Å². The van der Waals surface area contributed by atoms with Crippen molar-refractivity contribution in [3.8, 4) is 0 Å². The molecule has 1 aromatic rings. The van der Waals surface area contributed by atoms with E-state index < -0.39 is 12.2 Å². The quantitative estimate of drug-likeness (QED) is 0.732. The molecule has 2 atom stereocenters. The van der Waals surface area contributed by atoms with Crippen molar-refractivity contribution in [1.82, 2.24) is 0 Å². The predicted octanol–water partition coefficient (Wildman–Crippen LogP) is 1.84. The van der Waals surface area contributed by atoms with E-state index in [2.05, 4.69) is 5.32 Å². The second-order valence-electron chi connectivity index (χ2n) is 4.20. The molecule has 0 heterocycles. The van der Waals surface area contributed by atoms with Crippen molar-refractivity contribution in [2.75, 3.05) is 5.32 Å². The summed E-state index contributed by atoms with van der Waals surface area (Å²) in [7, 11) is 0. The summed E-state index contributed by atoms with van der Waals surface area (Å²) < 4.78 is 0. The summed E-state index contributed by atoms with van der Waals surface area (Å²) in [6.07, 6.45) is -0.398. The lowest BCUT2D eigenvalue weighted by molar-refractivity contribution is -0.116. The van der Waals surface area contributed by atoms with Crippen molar-refractivity contribution in [2.45, 2.75) is 38.9 Å². The number of anilines is 1. The largest absolute Gasteiger partial charge is 0.393 e. The normalized spacial score (nSPS) is 14.1. The summed E-state index contributed by atoms with van der Waals surface area (Å²) in [4.78, 5) is 11.6. The Kier molecular flexibility index (Phi) is 5.12. The van der Waals surface area contributed by atoms with Crippen LogP contribution in [-0.2, 0) is 4.79 Å². The Balaban J connectivity index is 2.65. The molecule has 0 aliphatic heterocycles. The van der Waals surface area contributed by atoms with E-state index >= 15 is 0 Å². The van der Waals surface area contributed by atoms with E-state index in [1.54, 1.807) is 32.0 Å². The highest BCUT2D eigenvalue weighted by molar-refractivity contribution is 5.91. The summed E-state index contributed by atoms with van der Waals surface area (Å²) in [6, 6.07) is 7.14. The van der Waals surface area contributed by atoms with Gasteiger partial charge in [-0.3, -0.25) is 4.79 Å². The molecule has 0 radical (unpaired) electrons. The Bertz CT molecular complexity index is 375. The zero-order valence-corrected chi connectivity index (χ0v) is 10.2. The van der Waals surface area contributed by atoms with Crippen LogP contribution in [0.15, 0.2) is 24.3 Å². The smallest absolute Gasteiger partial charge is 0.224 e. The van der Waals surface area contributed by atoms with Crippen LogP contribution in [0.4, 0.5) is 5.69 Å². The predicted molar refractivity (Wildman–Crippen MR) is 66.6 cm³/mol. The molecule has 4 heteroatoms. The monoisotopic (exact) mass is 237 g/mol. The summed E-state index contributed by atoms with van der Waals surface area (Å²) in [5, 5.41) is 21.4. The lowest BCUT2D eigenvalue weighted by Gasteiger charge is -2.13. The van der Waals surface area contributed by atoms with Crippen LogP contribution < -0.4 is 5.32 Å². The van der Waals surface area contributed by atoms with Crippen molar-refractivity contribution < 1.29 is 15.0 Å². The molecule has 1 aromatic carbocycles. The van der Waals surface area contributed by atoms with Crippen LogP contribution in [0.3, 0.4) is 0 Å². The zero-order valence-electron chi connectivity index (χ0n) is 10.2. The summed E-state index contributed by atoms with van der Waals surface area (Å²) >= 11 is 0. The second-order valence-corrected chi connectivity index (χ2v) is 4.20. The van der Waals surface area contributed by atoms with Crippen molar-refractivity contribution in [1.29, 1.82) is 0 Å². The van der Waals surface area contributed by atoms with Gasteiger partial charge in [-0.1, -0.05) is 18.2 Å². The third-order valence-corrected chi connectivity index (χ3v) is 2.47. The van der Waals surface area contributed by atoms with E-state index in [0.29, 0.717) is 17.7 Å². The number of nitrogens with one attached hydrogen (secondary N) is 1. The van der Waals surface area contributed by atoms with E-state index in [-0.39, 0.29) is 12.3 Å². The molecular formula is C13H19NO3. The highest BCUT2D eigenvalue weighted by Gasteiger charge is 2.10. The van der Waals surface area contributed by atoms with Gasteiger partial charge in [0.15, 0.2) is 0 Å². The number of benzene rings is 1. The minimum absolute atomic E-state index is 0.154. The SMILES string of the molecule is CC(O)CCC(=O)Nc1ccccc1C(C)O. The molecule has 0 spiro atoms. The van der Waals surface area contributed by atoms with Gasteiger partial charge in [0.1, 0.15) is 0 Å². The second kappa shape index (κ2) is 6.37. The molecule has 0 aromatic heterocycles. The summed E-state index contributed by atoms with van der Waals surface area (Å²) in [5.41, 5.74) is 1.32. The first kappa shape index (κ1) is 13.7. The van der Waals surface area contributed by atoms with Crippen LogP contribution in [0.5, 0.6) is 0 Å². The molecule has 0 aliphatic carbocycles. The number of amides is 1. The minimum atomic E-state index is -0.622. The Labute approximate surface area is 101 Å². The van der Waals surface area contributed by atoms with Gasteiger partial charge in [0.25, 0.3) is 0 Å². The van der Waals surface area contributed by atoms with Crippen molar-refractivity contribution in [3.63, 3.8) is 0 Å². The third-order valence-electron chi connectivity index (χ3n) is 2.47. The minimum Gasteiger partial charge on any atom is -0.393 e. The number of para-hydroxylation sites is 1. The molecule has 0 saturated carbocycles. The Hall–Kier alpha value is -1.39. The van der Waals surface area contributed by atoms with E-state index in [4.69, 9.17) is 5.11 Å². The highest BCUT2D eigenvalue weighted by Crippen LogP contribution is 2.22. The van der Waals surface area contributed by atoms with Gasteiger partial charge in [0.2, 0.25) is 5.91 Å². The molecule has 1 rings (SSSR count). The maximum Gasteiger partial charge on any atom is 0.224 e. The number of hydrogen-bond donors (Lipinski definition) is 3. The van der Waals surface area contributed by atoms with Gasteiger partial charge in [-0.15, -0.1) is 0 Å². The fourth-order valence-corrected chi connectivity index (χ4v) is 1.53. The molecule has 3 N–H and O–H groups in total. The topological polar surface area (TPSA) is 69.6 Å². The average Bonchev–Trinajstić information content (AvgIpc) is 2.27. The Morgan fingerprint density at radius 2 is 1.94 bits per heavy atom. The first-order chi connectivity index (χ1) is 8.00. The van der Waals surface area contributed by atoms with Gasteiger partial charge in [-0.2, -0.15) is 0 Å². The first-order valence-electron chi connectivity index (χ1n) is 5.75. The third kappa shape index (κ3) is 4.54. The molecule has 0 aliphatic rings. The van der Waals surface area contributed by atoms with Gasteiger partial charge in [-0.25, -0.2) is 0 Å². The van der Waals surface area contributed by atoms with Gasteiger partial charge in [-0.05, 0) is 26.3 Å². The average molecular weight is 237 g/mol. The number of carbonyl (C=O) groups is 1. The van der Waals surface area contributed by atoms with E-state index in [9.17, 15) is 9.90 Å². The maximum atomic E-state index is 11.6. The highest BCUT2D eigenvalue weighted by atomic mass is 16.3. The van der Waals surface area contributed by atoms with E-state index in [0.717, 1.165) is 0 Å². The van der Waals surface area contributed by atoms with Crippen molar-refractivity contribution >= 4 is 11.6 Å². The molecule has 94 valence electrons. The first-order valence-corrected chi connectivity index (χ1v) is 5.75. The Morgan fingerprint density at radius 1 is 1.29 bits per heavy atom. The number of aliphatic hydroxyl groups excluding tert-OH is 2. The van der Waals surface area contributed by atoms with E-state index in [1.807, 2.05) is 6.07 Å². The number of rotatable bonds is 5. The van der Waals surface area contributed by atoms with Crippen LogP contribution in [0.25, 0.3) is 0 Å². The summed E-state index contributed by atoms with van der Waals surface area (Å²) in [5.74, 6) is -0.154. The van der Waals surface area contributed by atoms with Gasteiger partial charge >= 0.3 is 0 Å². The maximum absolute atomic E-state index is 11.6. The van der Waals surface area contributed by atoms with Crippen LogP contribution in [0.2, 0.25) is 0 Å². The van der Waals surface area contributed by atoms with Crippen LogP contribution in [0.1, 0.15) is 38.4 Å². The van der Waals surface area contributed by atoms with Gasteiger partial charge in [0, 0.05) is 17.7 Å². The van der Waals surface area contributed by atoms with Crippen LogP contribution >= 0.6 is 0 Å². The molecule has 0 saturated heterocycles. The number of carbonyl (C=O) groups excluding carboxylic acids is 1. The summed E-state index contributed by atoms with van der Waals surface area (Å²) in [6.45, 7) is 3.30. The zero-order chi connectivity index (χ0) is 12.8. The fraction of sp³-hybridized carbons (Fsp3) is 0.462. The number of hydrogen-bond acceptors (Lipinski definition) is 3. The van der Waals surface area contributed by atoms with Crippen LogP contribution in [-0.4, -0.2) is 22.2 Å². The van der Waals surface area contributed by atoms with E-state index in [1.165, 1.54) is 0 Å². The fourth-order valence-electron chi connectivity index (χ4n) is 1.53. The molecule has 1 amide bonds. The molecule has 2 unspecified atom stereocenters. The molecule has 0 fully saturated rings. The Morgan fingerprint density at radius 3 is 2.53 bits per heavy atom. The van der Waals surface area contributed by atoms with Crippen LogP contribution in [0, 0.1) is 0 Å².